The zero-order chi connectivity index (χ0) is 32.5. The van der Waals surface area contributed by atoms with Gasteiger partial charge in [-0.2, -0.15) is 0 Å². The topological polar surface area (TPSA) is 105 Å². The number of amides is 2. The fraction of sp³-hybridized carbons (Fsp3) is 0.0526. The van der Waals surface area contributed by atoms with Crippen LogP contribution in [0.5, 0.6) is 5.75 Å². The van der Waals surface area contributed by atoms with Crippen LogP contribution < -0.4 is 11.0 Å². The summed E-state index contributed by atoms with van der Waals surface area (Å²) in [6.45, 7) is 2.00. The van der Waals surface area contributed by atoms with Crippen molar-refractivity contribution in [3.63, 3.8) is 0 Å². The summed E-state index contributed by atoms with van der Waals surface area (Å²) in [4.78, 5) is 46.3. The van der Waals surface area contributed by atoms with Crippen molar-refractivity contribution in [1.82, 2.24) is 20.0 Å². The molecule has 230 valence electrons. The Morgan fingerprint density at radius 1 is 0.830 bits per heavy atom. The molecule has 6 aromatic rings. The lowest BCUT2D eigenvalue weighted by atomic mass is 10.1. The monoisotopic (exact) mass is 636 g/mol. The summed E-state index contributed by atoms with van der Waals surface area (Å²) in [6, 6.07) is 37.7. The molecular weight excluding hydrogens is 609 g/mol. The second kappa shape index (κ2) is 12.5. The Morgan fingerprint density at radius 3 is 2.23 bits per heavy atom. The summed E-state index contributed by atoms with van der Waals surface area (Å²) in [5.74, 6) is -0.249. The molecule has 0 aliphatic carbocycles. The van der Waals surface area contributed by atoms with Gasteiger partial charge in [-0.25, -0.2) is 9.99 Å². The van der Waals surface area contributed by atoms with Gasteiger partial charge in [0.05, 0.1) is 21.5 Å². The van der Waals surface area contributed by atoms with Crippen molar-refractivity contribution in [1.29, 1.82) is 0 Å². The van der Waals surface area contributed by atoms with Gasteiger partial charge in [0.1, 0.15) is 16.9 Å². The smallest absolute Gasteiger partial charge is 0.280 e. The van der Waals surface area contributed by atoms with Crippen LogP contribution in [0.25, 0.3) is 34.1 Å². The number of rotatable bonds is 6. The zero-order valence-electron chi connectivity index (χ0n) is 25.2. The summed E-state index contributed by atoms with van der Waals surface area (Å²) >= 11 is 1.32. The van der Waals surface area contributed by atoms with Crippen LogP contribution in [0.15, 0.2) is 137 Å². The molecule has 1 aliphatic heterocycles. The van der Waals surface area contributed by atoms with E-state index in [1.807, 2.05) is 73.7 Å². The predicted octanol–water partition coefficient (Wildman–Crippen LogP) is 7.03. The van der Waals surface area contributed by atoms with Gasteiger partial charge in [0.2, 0.25) is 0 Å². The number of hydrogen-bond donors (Lipinski definition) is 2. The largest absolute Gasteiger partial charge is 0.508 e. The third-order valence-corrected chi connectivity index (χ3v) is 9.13. The molecule has 9 heteroatoms. The number of carbonyl (C=O) groups is 2. The highest BCUT2D eigenvalue weighted by Crippen LogP contribution is 2.45. The van der Waals surface area contributed by atoms with Crippen LogP contribution in [0, 0.1) is 6.92 Å². The number of phenolic OH excluding ortho intramolecular Hbond substituents is 1. The van der Waals surface area contributed by atoms with Crippen molar-refractivity contribution < 1.29 is 14.7 Å². The first-order valence-corrected chi connectivity index (χ1v) is 15.8. The van der Waals surface area contributed by atoms with E-state index < -0.39 is 11.3 Å². The third-order valence-electron chi connectivity index (χ3n) is 7.87. The molecule has 5 aromatic carbocycles. The van der Waals surface area contributed by atoms with Crippen molar-refractivity contribution in [3.8, 4) is 22.8 Å². The molecule has 7 rings (SSSR count). The lowest BCUT2D eigenvalue weighted by Gasteiger charge is -2.24. The van der Waals surface area contributed by atoms with E-state index in [0.29, 0.717) is 32.9 Å². The van der Waals surface area contributed by atoms with Crippen molar-refractivity contribution in [3.05, 3.63) is 165 Å². The maximum atomic E-state index is 13.8. The summed E-state index contributed by atoms with van der Waals surface area (Å²) in [7, 11) is 0. The molecule has 47 heavy (non-hydrogen) atoms. The molecule has 0 bridgehead atoms. The number of nitrogens with zero attached hydrogens (tertiary/aromatic N) is 3. The molecule has 8 nitrogen and oxygen atoms in total. The molecule has 1 atom stereocenters. The van der Waals surface area contributed by atoms with Gasteiger partial charge < -0.3 is 5.11 Å². The number of hydrazine groups is 1. The van der Waals surface area contributed by atoms with Crippen LogP contribution in [-0.4, -0.2) is 31.5 Å². The van der Waals surface area contributed by atoms with E-state index in [4.69, 9.17) is 4.98 Å². The van der Waals surface area contributed by atoms with Gasteiger partial charge in [-0.1, -0.05) is 96.2 Å². The van der Waals surface area contributed by atoms with Crippen molar-refractivity contribution >= 4 is 40.6 Å². The van der Waals surface area contributed by atoms with E-state index in [2.05, 4.69) is 5.43 Å². The SMILES string of the molecule is Cc1ccc(-c2nc3ccccc3c(=O)n2-c2ccc(C(=O)NN3C(=O)/C(=C/c4ccccc4)SC3c3ccc(O)cc3)cc2)cc1. The number of phenols is 1. The lowest BCUT2D eigenvalue weighted by Crippen LogP contribution is -2.44. The Labute approximate surface area is 274 Å². The fourth-order valence-corrected chi connectivity index (χ4v) is 6.61. The summed E-state index contributed by atoms with van der Waals surface area (Å²) in [6.07, 6.45) is 1.79. The summed E-state index contributed by atoms with van der Waals surface area (Å²) in [5, 5.41) is 11.1. The molecule has 0 radical (unpaired) electrons. The molecule has 1 fully saturated rings. The normalized spacial score (nSPS) is 15.3. The highest BCUT2D eigenvalue weighted by molar-refractivity contribution is 8.04. The molecule has 1 aromatic heterocycles. The summed E-state index contributed by atoms with van der Waals surface area (Å²) < 4.78 is 1.55. The molecule has 2 heterocycles. The minimum atomic E-state index is -0.555. The molecule has 1 aliphatic rings. The van der Waals surface area contributed by atoms with Gasteiger partial charge in [-0.05, 0) is 72.7 Å². The van der Waals surface area contributed by atoms with Gasteiger partial charge in [-0.3, -0.25) is 24.4 Å². The van der Waals surface area contributed by atoms with Crippen LogP contribution in [0.3, 0.4) is 0 Å². The molecule has 0 saturated carbocycles. The minimum absolute atomic E-state index is 0.102. The first-order chi connectivity index (χ1) is 22.9. The number of aromatic nitrogens is 2. The molecule has 2 N–H and O–H groups in total. The van der Waals surface area contributed by atoms with Gasteiger partial charge in [0.15, 0.2) is 0 Å². The van der Waals surface area contributed by atoms with E-state index in [1.165, 1.54) is 16.8 Å². The average Bonchev–Trinajstić information content (AvgIpc) is 3.39. The van der Waals surface area contributed by atoms with E-state index >= 15 is 0 Å². The van der Waals surface area contributed by atoms with Crippen LogP contribution in [-0.2, 0) is 4.79 Å². The van der Waals surface area contributed by atoms with E-state index in [0.717, 1.165) is 22.3 Å². The second-order valence-corrected chi connectivity index (χ2v) is 12.2. The Bertz CT molecular complexity index is 2210. The molecular formula is C38H28N4O4S. The third kappa shape index (κ3) is 5.92. The van der Waals surface area contributed by atoms with Crippen LogP contribution in [0.2, 0.25) is 0 Å². The first kappa shape index (κ1) is 29.8. The molecule has 2 amide bonds. The second-order valence-electron chi connectivity index (χ2n) is 11.1. The van der Waals surface area contributed by atoms with Gasteiger partial charge >= 0.3 is 0 Å². The number of nitrogens with one attached hydrogen (secondary N) is 1. The van der Waals surface area contributed by atoms with Crippen LogP contribution in [0.1, 0.15) is 32.4 Å². The maximum Gasteiger partial charge on any atom is 0.280 e. The van der Waals surface area contributed by atoms with Crippen LogP contribution in [0.4, 0.5) is 0 Å². The molecule has 1 unspecified atom stereocenters. The number of carbonyl (C=O) groups excluding carboxylic acids is 2. The number of para-hydroxylation sites is 1. The lowest BCUT2D eigenvalue weighted by molar-refractivity contribution is -0.128. The maximum absolute atomic E-state index is 13.8. The number of hydrogen-bond acceptors (Lipinski definition) is 6. The standard InChI is InChI=1S/C38H28N4O4S/c1-24-11-13-26(14-12-24)34-39-32-10-6-5-9-31(32)36(45)41(34)29-19-15-27(16-20-29)35(44)40-42-37(46)33(23-25-7-3-2-4-8-25)47-38(42)28-17-21-30(43)22-18-28/h2-23,38,43H,1H3,(H,40,44)/b33-23-. The number of aryl methyl sites for hydroxylation is 1. The van der Waals surface area contributed by atoms with Crippen molar-refractivity contribution in [2.75, 3.05) is 0 Å². The summed E-state index contributed by atoms with van der Waals surface area (Å²) in [5.41, 5.74) is 7.48. The van der Waals surface area contributed by atoms with E-state index in [1.54, 1.807) is 71.3 Å². The van der Waals surface area contributed by atoms with E-state index in [9.17, 15) is 19.5 Å². The highest BCUT2D eigenvalue weighted by Gasteiger charge is 2.38. The molecule has 1 saturated heterocycles. The first-order valence-electron chi connectivity index (χ1n) is 14.9. The van der Waals surface area contributed by atoms with Crippen molar-refractivity contribution in [2.24, 2.45) is 0 Å². The Hall–Kier alpha value is -5.93. The van der Waals surface area contributed by atoms with Crippen molar-refractivity contribution in [2.45, 2.75) is 12.3 Å². The zero-order valence-corrected chi connectivity index (χ0v) is 26.0. The minimum Gasteiger partial charge on any atom is -0.508 e. The number of aromatic hydroxyl groups is 1. The molecule has 0 spiro atoms. The predicted molar refractivity (Wildman–Crippen MR) is 185 cm³/mol. The number of benzene rings is 5. The Morgan fingerprint density at radius 2 is 1.51 bits per heavy atom. The Balaban J connectivity index is 1.21. The van der Waals surface area contributed by atoms with Gasteiger partial charge in [0.25, 0.3) is 17.4 Å². The van der Waals surface area contributed by atoms with Crippen LogP contribution >= 0.6 is 11.8 Å². The Kier molecular flexibility index (Phi) is 7.89. The van der Waals surface area contributed by atoms with Gasteiger partial charge in [0, 0.05) is 11.1 Å². The average molecular weight is 637 g/mol. The highest BCUT2D eigenvalue weighted by atomic mass is 32.2. The number of thioether (sulfide) groups is 1. The fourth-order valence-electron chi connectivity index (χ4n) is 5.41. The number of fused-ring (bicyclic) bond motifs is 1. The van der Waals surface area contributed by atoms with E-state index in [-0.39, 0.29) is 17.2 Å². The van der Waals surface area contributed by atoms with Gasteiger partial charge in [-0.15, -0.1) is 0 Å². The quantitative estimate of drug-likeness (QED) is 0.190.